The molecule has 9 heteroatoms. The average molecular weight is 420 g/mol. The van der Waals surface area contributed by atoms with E-state index >= 15 is 0 Å². The Bertz CT molecular complexity index is 849. The third-order valence-electron chi connectivity index (χ3n) is 5.03. The van der Waals surface area contributed by atoms with Crippen LogP contribution in [-0.2, 0) is 9.59 Å². The smallest absolute Gasteiger partial charge is 0.243 e. The van der Waals surface area contributed by atoms with E-state index in [4.69, 9.17) is 0 Å². The standard InChI is InChI=1S/C20H26FN5O2S/c1-14-23-24-20(26(14)17-6-4-3-5-7-17)29-13-19(28)25(2)12-18(27)22-16-10-8-15(21)9-11-16/h8-11,17H,3-7,12-13H2,1-2H3,(H,22,27). The van der Waals surface area contributed by atoms with Crippen LogP contribution in [0.5, 0.6) is 0 Å². The van der Waals surface area contributed by atoms with Gasteiger partial charge in [0.05, 0.1) is 12.3 Å². The minimum Gasteiger partial charge on any atom is -0.336 e. The molecule has 0 spiro atoms. The van der Waals surface area contributed by atoms with Crippen LogP contribution in [-0.4, -0.2) is 50.8 Å². The Kier molecular flexibility index (Phi) is 7.24. The number of nitrogens with zero attached hydrogens (tertiary/aromatic N) is 4. The molecule has 1 aliphatic rings. The fraction of sp³-hybridized carbons (Fsp3) is 0.500. The molecule has 3 rings (SSSR count). The van der Waals surface area contributed by atoms with Crippen LogP contribution in [0.1, 0.15) is 44.0 Å². The van der Waals surface area contributed by atoms with Crippen LogP contribution in [0.25, 0.3) is 0 Å². The predicted molar refractivity (Wildman–Crippen MR) is 110 cm³/mol. The highest BCUT2D eigenvalue weighted by molar-refractivity contribution is 7.99. The second kappa shape index (κ2) is 9.87. The van der Waals surface area contributed by atoms with Crippen LogP contribution < -0.4 is 5.32 Å². The molecule has 0 bridgehead atoms. The monoisotopic (exact) mass is 419 g/mol. The Labute approximate surface area is 174 Å². The molecule has 1 aromatic heterocycles. The molecule has 1 aliphatic carbocycles. The quantitative estimate of drug-likeness (QED) is 0.696. The molecular weight excluding hydrogens is 393 g/mol. The van der Waals surface area contributed by atoms with E-state index in [0.717, 1.165) is 23.8 Å². The second-order valence-electron chi connectivity index (χ2n) is 7.29. The van der Waals surface area contributed by atoms with E-state index in [2.05, 4.69) is 20.1 Å². The molecule has 0 aliphatic heterocycles. The number of carbonyl (C=O) groups is 2. The van der Waals surface area contributed by atoms with Gasteiger partial charge in [-0.1, -0.05) is 31.0 Å². The molecule has 0 atom stereocenters. The minimum atomic E-state index is -0.372. The molecule has 1 N–H and O–H groups in total. The number of aromatic nitrogens is 3. The van der Waals surface area contributed by atoms with Gasteiger partial charge >= 0.3 is 0 Å². The number of anilines is 1. The van der Waals surface area contributed by atoms with Crippen LogP contribution >= 0.6 is 11.8 Å². The molecule has 29 heavy (non-hydrogen) atoms. The van der Waals surface area contributed by atoms with Crippen molar-refractivity contribution in [3.63, 3.8) is 0 Å². The first kappa shape index (κ1) is 21.3. The molecule has 1 fully saturated rings. The van der Waals surface area contributed by atoms with Gasteiger partial charge in [0.15, 0.2) is 5.16 Å². The summed E-state index contributed by atoms with van der Waals surface area (Å²) in [7, 11) is 1.59. The third kappa shape index (κ3) is 5.79. The molecule has 7 nitrogen and oxygen atoms in total. The fourth-order valence-electron chi connectivity index (χ4n) is 3.48. The van der Waals surface area contributed by atoms with Gasteiger partial charge in [-0.15, -0.1) is 10.2 Å². The summed E-state index contributed by atoms with van der Waals surface area (Å²) in [4.78, 5) is 26.0. The maximum Gasteiger partial charge on any atom is 0.243 e. The highest BCUT2D eigenvalue weighted by atomic mass is 32.2. The van der Waals surface area contributed by atoms with Gasteiger partial charge in [0.1, 0.15) is 11.6 Å². The highest BCUT2D eigenvalue weighted by Crippen LogP contribution is 2.32. The summed E-state index contributed by atoms with van der Waals surface area (Å²) < 4.78 is 15.1. The number of carbonyl (C=O) groups excluding carboxylic acids is 2. The number of hydrogen-bond acceptors (Lipinski definition) is 5. The summed E-state index contributed by atoms with van der Waals surface area (Å²) in [6.45, 7) is 1.87. The Hall–Kier alpha value is -2.42. The number of hydrogen-bond donors (Lipinski definition) is 1. The summed E-state index contributed by atoms with van der Waals surface area (Å²) in [6.07, 6.45) is 5.91. The van der Waals surface area contributed by atoms with Crippen molar-refractivity contribution in [2.75, 3.05) is 24.7 Å². The first-order valence-corrected chi connectivity index (χ1v) is 10.8. The topological polar surface area (TPSA) is 80.1 Å². The summed E-state index contributed by atoms with van der Waals surface area (Å²) in [5.41, 5.74) is 0.489. The van der Waals surface area contributed by atoms with Crippen LogP contribution in [0.15, 0.2) is 29.4 Å². The van der Waals surface area contributed by atoms with E-state index in [1.54, 1.807) is 7.05 Å². The van der Waals surface area contributed by atoms with Crippen molar-refractivity contribution < 1.29 is 14.0 Å². The highest BCUT2D eigenvalue weighted by Gasteiger charge is 2.22. The lowest BCUT2D eigenvalue weighted by Crippen LogP contribution is -2.36. The van der Waals surface area contributed by atoms with Crippen molar-refractivity contribution >= 4 is 29.3 Å². The number of nitrogens with one attached hydrogen (secondary N) is 1. The van der Waals surface area contributed by atoms with Gasteiger partial charge in [-0.25, -0.2) is 4.39 Å². The Balaban J connectivity index is 1.51. The average Bonchev–Trinajstić information content (AvgIpc) is 3.08. The van der Waals surface area contributed by atoms with Gasteiger partial charge in [-0.3, -0.25) is 9.59 Å². The van der Waals surface area contributed by atoms with Gasteiger partial charge < -0.3 is 14.8 Å². The van der Waals surface area contributed by atoms with E-state index in [1.807, 2.05) is 6.92 Å². The fourth-order valence-corrected chi connectivity index (χ4v) is 4.47. The number of benzene rings is 1. The zero-order chi connectivity index (χ0) is 20.8. The van der Waals surface area contributed by atoms with E-state index in [1.165, 1.54) is 60.2 Å². The molecule has 0 radical (unpaired) electrons. The van der Waals surface area contributed by atoms with E-state index < -0.39 is 0 Å². The van der Waals surface area contributed by atoms with Crippen molar-refractivity contribution in [1.29, 1.82) is 0 Å². The summed E-state index contributed by atoms with van der Waals surface area (Å²) in [5, 5.41) is 11.8. The minimum absolute atomic E-state index is 0.0783. The first-order chi connectivity index (χ1) is 13.9. The number of thioether (sulfide) groups is 1. The molecule has 0 unspecified atom stereocenters. The summed E-state index contributed by atoms with van der Waals surface area (Å²) in [6, 6.07) is 5.89. The third-order valence-corrected chi connectivity index (χ3v) is 5.96. The number of aryl methyl sites for hydroxylation is 1. The molecule has 1 saturated carbocycles. The Morgan fingerprint density at radius 3 is 2.59 bits per heavy atom. The largest absolute Gasteiger partial charge is 0.336 e. The molecule has 0 saturated heterocycles. The normalized spacial score (nSPS) is 14.6. The maximum absolute atomic E-state index is 12.9. The van der Waals surface area contributed by atoms with Crippen molar-refractivity contribution in [1.82, 2.24) is 19.7 Å². The molecule has 2 amide bonds. The maximum atomic E-state index is 12.9. The number of rotatable bonds is 7. The van der Waals surface area contributed by atoms with Crippen molar-refractivity contribution in [3.8, 4) is 0 Å². The molecule has 2 aromatic rings. The van der Waals surface area contributed by atoms with Gasteiger partial charge in [0, 0.05) is 18.8 Å². The van der Waals surface area contributed by atoms with Gasteiger partial charge in [0.25, 0.3) is 0 Å². The van der Waals surface area contributed by atoms with Gasteiger partial charge in [-0.2, -0.15) is 0 Å². The molecule has 1 aromatic carbocycles. The SMILES string of the molecule is Cc1nnc(SCC(=O)N(C)CC(=O)Nc2ccc(F)cc2)n1C1CCCCC1. The predicted octanol–water partition coefficient (Wildman–Crippen LogP) is 3.42. The van der Waals surface area contributed by atoms with Crippen LogP contribution in [0.3, 0.4) is 0 Å². The lowest BCUT2D eigenvalue weighted by molar-refractivity contribution is -0.131. The molecule has 1 heterocycles. The Morgan fingerprint density at radius 2 is 1.90 bits per heavy atom. The zero-order valence-electron chi connectivity index (χ0n) is 16.7. The number of amides is 2. The lowest BCUT2D eigenvalue weighted by atomic mass is 9.95. The van der Waals surface area contributed by atoms with E-state index in [0.29, 0.717) is 11.7 Å². The molecule has 156 valence electrons. The number of halogens is 1. The van der Waals surface area contributed by atoms with Crippen molar-refractivity contribution in [2.45, 2.75) is 50.2 Å². The lowest BCUT2D eigenvalue weighted by Gasteiger charge is -2.25. The first-order valence-electron chi connectivity index (χ1n) is 9.77. The van der Waals surface area contributed by atoms with Crippen molar-refractivity contribution in [3.05, 3.63) is 35.9 Å². The Morgan fingerprint density at radius 1 is 1.21 bits per heavy atom. The van der Waals surface area contributed by atoms with Crippen LogP contribution in [0.2, 0.25) is 0 Å². The van der Waals surface area contributed by atoms with Crippen LogP contribution in [0, 0.1) is 12.7 Å². The number of likely N-dealkylation sites (N-methyl/N-ethyl adjacent to an activating group) is 1. The van der Waals surface area contributed by atoms with E-state index in [-0.39, 0.29) is 29.9 Å². The van der Waals surface area contributed by atoms with Crippen molar-refractivity contribution in [2.24, 2.45) is 0 Å². The summed E-state index contributed by atoms with van der Waals surface area (Å²) in [5.74, 6) is 0.187. The second-order valence-corrected chi connectivity index (χ2v) is 8.23. The zero-order valence-corrected chi connectivity index (χ0v) is 17.5. The van der Waals surface area contributed by atoms with E-state index in [9.17, 15) is 14.0 Å². The van der Waals surface area contributed by atoms with Crippen LogP contribution in [0.4, 0.5) is 10.1 Å². The van der Waals surface area contributed by atoms with Gasteiger partial charge in [-0.05, 0) is 44.0 Å². The summed E-state index contributed by atoms with van der Waals surface area (Å²) >= 11 is 1.36. The molecular formula is C20H26FN5O2S. The van der Waals surface area contributed by atoms with Gasteiger partial charge in [0.2, 0.25) is 11.8 Å².